The minimum absolute atomic E-state index is 0.105. The Morgan fingerprint density at radius 3 is 2.48 bits per heavy atom. The zero-order valence-electron chi connectivity index (χ0n) is 18.2. The number of aryl methyl sites for hydroxylation is 2. The molecule has 1 aliphatic heterocycles. The molecular weight excluding hydrogens is 414 g/mol. The average Bonchev–Trinajstić information content (AvgIpc) is 3.05. The van der Waals surface area contributed by atoms with Gasteiger partial charge in [-0.1, -0.05) is 23.9 Å². The Bertz CT molecular complexity index is 986. The summed E-state index contributed by atoms with van der Waals surface area (Å²) >= 11 is 1.29. The number of ether oxygens (including phenoxy) is 2. The molecule has 7 nitrogen and oxygen atoms in total. The quantitative estimate of drug-likeness (QED) is 0.656. The molecule has 1 saturated heterocycles. The highest BCUT2D eigenvalue weighted by Gasteiger charge is 2.32. The van der Waals surface area contributed by atoms with Gasteiger partial charge < -0.3 is 20.1 Å². The van der Waals surface area contributed by atoms with Crippen molar-refractivity contribution < 1.29 is 19.1 Å². The van der Waals surface area contributed by atoms with Crippen LogP contribution in [0.5, 0.6) is 11.5 Å². The lowest BCUT2D eigenvalue weighted by Gasteiger charge is -2.10. The Hall–Kier alpha value is -3.00. The zero-order valence-corrected chi connectivity index (χ0v) is 19.0. The van der Waals surface area contributed by atoms with Crippen LogP contribution in [0.3, 0.4) is 0 Å². The molecule has 0 radical (unpaired) electrons. The van der Waals surface area contributed by atoms with Gasteiger partial charge in [-0.15, -0.1) is 0 Å². The van der Waals surface area contributed by atoms with Crippen LogP contribution in [0.2, 0.25) is 0 Å². The number of amides is 2. The van der Waals surface area contributed by atoms with Gasteiger partial charge in [0, 0.05) is 13.0 Å². The number of nitrogens with one attached hydrogen (secondary N) is 2. The molecule has 2 amide bonds. The molecular formula is C23H27N3O4S. The van der Waals surface area contributed by atoms with E-state index in [1.807, 2.05) is 44.2 Å². The van der Waals surface area contributed by atoms with Gasteiger partial charge in [-0.2, -0.15) is 0 Å². The molecule has 1 aliphatic rings. The second kappa shape index (κ2) is 10.3. The highest BCUT2D eigenvalue weighted by Crippen LogP contribution is 2.28. The van der Waals surface area contributed by atoms with Crippen molar-refractivity contribution in [3.05, 3.63) is 53.1 Å². The van der Waals surface area contributed by atoms with Crippen molar-refractivity contribution in [1.29, 1.82) is 0 Å². The van der Waals surface area contributed by atoms with Gasteiger partial charge in [0.15, 0.2) is 16.7 Å². The number of methoxy groups -OCH3 is 2. The number of aliphatic imine (C=N–C) groups is 1. The fourth-order valence-corrected chi connectivity index (χ4v) is 4.34. The minimum Gasteiger partial charge on any atom is -0.493 e. The second-order valence-electron chi connectivity index (χ2n) is 7.35. The van der Waals surface area contributed by atoms with Gasteiger partial charge in [0.1, 0.15) is 5.25 Å². The Morgan fingerprint density at radius 2 is 1.81 bits per heavy atom. The number of nitrogens with zero attached hydrogens (tertiary/aromatic N) is 1. The van der Waals surface area contributed by atoms with Crippen LogP contribution in [0, 0.1) is 13.8 Å². The maximum Gasteiger partial charge on any atom is 0.240 e. The number of carbonyl (C=O) groups excluding carboxylic acids is 2. The van der Waals surface area contributed by atoms with Crippen molar-refractivity contribution in [3.63, 3.8) is 0 Å². The summed E-state index contributed by atoms with van der Waals surface area (Å²) in [5, 5.41) is 5.70. The van der Waals surface area contributed by atoms with Gasteiger partial charge in [-0.25, -0.2) is 4.99 Å². The summed E-state index contributed by atoms with van der Waals surface area (Å²) in [6.45, 7) is 4.48. The lowest BCUT2D eigenvalue weighted by Crippen LogP contribution is -2.32. The third-order valence-corrected chi connectivity index (χ3v) is 5.85. The number of hydrogen-bond acceptors (Lipinski definition) is 6. The van der Waals surface area contributed by atoms with E-state index in [-0.39, 0.29) is 18.2 Å². The van der Waals surface area contributed by atoms with Crippen molar-refractivity contribution in [2.24, 2.45) is 4.99 Å². The lowest BCUT2D eigenvalue weighted by atomic mass is 10.1. The van der Waals surface area contributed by atoms with Crippen LogP contribution in [0.15, 0.2) is 41.4 Å². The van der Waals surface area contributed by atoms with E-state index in [1.165, 1.54) is 11.8 Å². The Morgan fingerprint density at radius 1 is 1.10 bits per heavy atom. The number of amidine groups is 1. The SMILES string of the molecule is COc1ccc(CCNC(=O)C[C@@H]2SC(=Nc3cc(C)cc(C)c3)NC2=O)cc1OC. The standard InChI is InChI=1S/C23H27N3O4S/c1-14-9-15(2)11-17(10-14)25-23-26-22(28)20(31-23)13-21(27)24-8-7-16-5-6-18(29-3)19(12-16)30-4/h5-6,9-12,20H,7-8,13H2,1-4H3,(H,24,27)(H,25,26,28)/t20-/m0/s1. The van der Waals surface area contributed by atoms with Crippen molar-refractivity contribution >= 4 is 34.4 Å². The normalized spacial score (nSPS) is 16.8. The minimum atomic E-state index is -0.481. The van der Waals surface area contributed by atoms with E-state index < -0.39 is 5.25 Å². The van der Waals surface area contributed by atoms with Gasteiger partial charge in [0.25, 0.3) is 0 Å². The van der Waals surface area contributed by atoms with Crippen molar-refractivity contribution in [2.75, 3.05) is 20.8 Å². The first kappa shape index (κ1) is 22.7. The number of benzene rings is 2. The molecule has 1 atom stereocenters. The molecule has 0 unspecified atom stereocenters. The van der Waals surface area contributed by atoms with E-state index in [0.717, 1.165) is 22.4 Å². The number of rotatable bonds is 8. The summed E-state index contributed by atoms with van der Waals surface area (Å²) in [5.41, 5.74) is 4.03. The molecule has 2 aromatic carbocycles. The zero-order chi connectivity index (χ0) is 22.4. The van der Waals surface area contributed by atoms with Crippen LogP contribution in [0.1, 0.15) is 23.1 Å². The fourth-order valence-electron chi connectivity index (χ4n) is 3.35. The highest BCUT2D eigenvalue weighted by atomic mass is 32.2. The number of carbonyl (C=O) groups is 2. The van der Waals surface area contributed by atoms with E-state index in [4.69, 9.17) is 9.47 Å². The molecule has 8 heteroatoms. The molecule has 0 bridgehead atoms. The van der Waals surface area contributed by atoms with Gasteiger partial charge in [-0.05, 0) is 61.2 Å². The van der Waals surface area contributed by atoms with E-state index in [1.54, 1.807) is 14.2 Å². The third-order valence-electron chi connectivity index (χ3n) is 4.77. The molecule has 0 saturated carbocycles. The van der Waals surface area contributed by atoms with Crippen molar-refractivity contribution in [3.8, 4) is 11.5 Å². The molecule has 0 aliphatic carbocycles. The fraction of sp³-hybridized carbons (Fsp3) is 0.348. The summed E-state index contributed by atoms with van der Waals surface area (Å²) < 4.78 is 10.5. The predicted octanol–water partition coefficient (Wildman–Crippen LogP) is 3.29. The van der Waals surface area contributed by atoms with Crippen LogP contribution < -0.4 is 20.1 Å². The number of hydrogen-bond donors (Lipinski definition) is 2. The highest BCUT2D eigenvalue weighted by molar-refractivity contribution is 8.15. The summed E-state index contributed by atoms with van der Waals surface area (Å²) in [5.74, 6) is 0.961. The average molecular weight is 442 g/mol. The van der Waals surface area contributed by atoms with Crippen LogP contribution >= 0.6 is 11.8 Å². The molecule has 2 N–H and O–H groups in total. The molecule has 0 spiro atoms. The van der Waals surface area contributed by atoms with Crippen LogP contribution in [-0.2, 0) is 16.0 Å². The molecule has 1 fully saturated rings. The predicted molar refractivity (Wildman–Crippen MR) is 123 cm³/mol. The van der Waals surface area contributed by atoms with E-state index in [2.05, 4.69) is 21.7 Å². The number of thioether (sulfide) groups is 1. The van der Waals surface area contributed by atoms with Gasteiger partial charge >= 0.3 is 0 Å². The molecule has 2 aromatic rings. The summed E-state index contributed by atoms with van der Waals surface area (Å²) in [7, 11) is 3.18. The van der Waals surface area contributed by atoms with E-state index >= 15 is 0 Å². The first-order valence-corrected chi connectivity index (χ1v) is 10.9. The monoisotopic (exact) mass is 441 g/mol. The first-order chi connectivity index (χ1) is 14.9. The second-order valence-corrected chi connectivity index (χ2v) is 8.54. The maximum atomic E-state index is 12.3. The summed E-state index contributed by atoms with van der Waals surface area (Å²) in [6, 6.07) is 11.7. The Labute approximate surface area is 186 Å². The van der Waals surface area contributed by atoms with Gasteiger partial charge in [-0.3, -0.25) is 9.59 Å². The Balaban J connectivity index is 1.50. The molecule has 1 heterocycles. The van der Waals surface area contributed by atoms with Crippen molar-refractivity contribution in [2.45, 2.75) is 31.9 Å². The van der Waals surface area contributed by atoms with E-state index in [9.17, 15) is 9.59 Å². The van der Waals surface area contributed by atoms with Crippen LogP contribution in [0.4, 0.5) is 5.69 Å². The largest absolute Gasteiger partial charge is 0.493 e. The van der Waals surface area contributed by atoms with Crippen molar-refractivity contribution in [1.82, 2.24) is 10.6 Å². The van der Waals surface area contributed by atoms with Crippen LogP contribution in [-0.4, -0.2) is 43.0 Å². The molecule has 164 valence electrons. The van der Waals surface area contributed by atoms with Gasteiger partial charge in [0.2, 0.25) is 11.8 Å². The smallest absolute Gasteiger partial charge is 0.240 e. The van der Waals surface area contributed by atoms with Gasteiger partial charge in [0.05, 0.1) is 19.9 Å². The molecule has 0 aromatic heterocycles. The summed E-state index contributed by atoms with van der Waals surface area (Å²) in [6.07, 6.45) is 0.754. The first-order valence-electron chi connectivity index (χ1n) is 10.00. The third kappa shape index (κ3) is 6.24. The lowest BCUT2D eigenvalue weighted by molar-refractivity contribution is -0.125. The molecule has 3 rings (SSSR count). The topological polar surface area (TPSA) is 89.0 Å². The summed E-state index contributed by atoms with van der Waals surface area (Å²) in [4.78, 5) is 29.1. The Kier molecular flexibility index (Phi) is 7.57. The molecule has 31 heavy (non-hydrogen) atoms. The maximum absolute atomic E-state index is 12.3. The van der Waals surface area contributed by atoms with Crippen LogP contribution in [0.25, 0.3) is 0 Å². The van der Waals surface area contributed by atoms with E-state index in [0.29, 0.717) is 29.6 Å².